The van der Waals surface area contributed by atoms with Gasteiger partial charge in [-0.05, 0) is 69.8 Å². The summed E-state index contributed by atoms with van der Waals surface area (Å²) in [6, 6.07) is 6.57. The lowest BCUT2D eigenvalue weighted by Crippen LogP contribution is -2.52. The van der Waals surface area contributed by atoms with Crippen molar-refractivity contribution in [2.24, 2.45) is 0 Å². The highest BCUT2D eigenvalue weighted by Gasteiger charge is 2.39. The topological polar surface area (TPSA) is 81.8 Å². The predicted molar refractivity (Wildman–Crippen MR) is 114 cm³/mol. The molecule has 2 fully saturated rings. The number of benzene rings is 1. The van der Waals surface area contributed by atoms with E-state index in [4.69, 9.17) is 0 Å². The van der Waals surface area contributed by atoms with Crippen LogP contribution < -0.4 is 10.6 Å². The molecule has 1 aromatic carbocycles. The summed E-state index contributed by atoms with van der Waals surface area (Å²) in [5.74, 6) is -0.720. The molecule has 162 valence electrons. The lowest BCUT2D eigenvalue weighted by atomic mass is 10.0. The number of rotatable bonds is 5. The minimum absolute atomic E-state index is 0.101. The van der Waals surface area contributed by atoms with Gasteiger partial charge in [-0.3, -0.25) is 24.6 Å². The Morgan fingerprint density at radius 2 is 1.97 bits per heavy atom. The van der Waals surface area contributed by atoms with Crippen molar-refractivity contribution in [2.45, 2.75) is 77.2 Å². The van der Waals surface area contributed by atoms with Crippen molar-refractivity contribution in [3.63, 3.8) is 0 Å². The summed E-state index contributed by atoms with van der Waals surface area (Å²) in [5, 5.41) is 5.85. The normalized spacial score (nSPS) is 24.9. The second kappa shape index (κ2) is 8.86. The summed E-state index contributed by atoms with van der Waals surface area (Å²) >= 11 is 0. The Balaban J connectivity index is 1.49. The first-order valence-corrected chi connectivity index (χ1v) is 11.2. The number of nitrogens with one attached hydrogen (secondary N) is 2. The molecule has 0 aliphatic carbocycles. The second-order valence-electron chi connectivity index (χ2n) is 8.99. The third kappa shape index (κ3) is 4.27. The maximum Gasteiger partial charge on any atom is 0.255 e. The van der Waals surface area contributed by atoms with E-state index in [1.165, 1.54) is 12.8 Å². The molecule has 2 N–H and O–H groups in total. The largest absolute Gasteiger partial charge is 0.322 e. The maximum atomic E-state index is 13.1. The van der Waals surface area contributed by atoms with Crippen LogP contribution in [0.1, 0.15) is 67.4 Å². The Morgan fingerprint density at radius 1 is 1.13 bits per heavy atom. The number of carbonyl (C=O) groups is 3. The summed E-state index contributed by atoms with van der Waals surface area (Å²) in [7, 11) is 0. The molecule has 3 aliphatic rings. The summed E-state index contributed by atoms with van der Waals surface area (Å²) in [5.41, 5.74) is 2.80. The van der Waals surface area contributed by atoms with Crippen LogP contribution in [0, 0.1) is 0 Å². The van der Waals surface area contributed by atoms with Crippen molar-refractivity contribution < 1.29 is 14.4 Å². The molecule has 3 amide bonds. The van der Waals surface area contributed by atoms with Crippen LogP contribution in [-0.4, -0.2) is 58.7 Å². The van der Waals surface area contributed by atoms with Crippen LogP contribution in [0.3, 0.4) is 0 Å². The predicted octanol–water partition coefficient (Wildman–Crippen LogP) is 1.80. The molecule has 2 unspecified atom stereocenters. The average Bonchev–Trinajstić information content (AvgIpc) is 2.88. The van der Waals surface area contributed by atoms with Crippen LogP contribution in [0.5, 0.6) is 0 Å². The molecule has 3 heterocycles. The number of hydrogen-bond donors (Lipinski definition) is 2. The molecule has 7 heteroatoms. The van der Waals surface area contributed by atoms with Crippen molar-refractivity contribution in [2.75, 3.05) is 13.1 Å². The number of amides is 3. The summed E-state index contributed by atoms with van der Waals surface area (Å²) < 4.78 is 0. The monoisotopic (exact) mass is 412 g/mol. The van der Waals surface area contributed by atoms with Gasteiger partial charge in [0.25, 0.3) is 5.91 Å². The highest BCUT2D eigenvalue weighted by Crippen LogP contribution is 2.29. The highest BCUT2D eigenvalue weighted by atomic mass is 16.2. The van der Waals surface area contributed by atoms with E-state index in [0.717, 1.165) is 37.2 Å². The molecule has 7 nitrogen and oxygen atoms in total. The zero-order chi connectivity index (χ0) is 21.3. The Hall–Kier alpha value is -2.25. The molecule has 1 aromatic rings. The molecule has 0 saturated carbocycles. The van der Waals surface area contributed by atoms with Gasteiger partial charge in [-0.25, -0.2) is 0 Å². The van der Waals surface area contributed by atoms with Crippen molar-refractivity contribution in [1.82, 2.24) is 20.4 Å². The van der Waals surface area contributed by atoms with Gasteiger partial charge in [0.1, 0.15) is 6.04 Å². The molecule has 30 heavy (non-hydrogen) atoms. The first-order chi connectivity index (χ1) is 14.4. The van der Waals surface area contributed by atoms with Gasteiger partial charge in [0.15, 0.2) is 0 Å². The van der Waals surface area contributed by atoms with Gasteiger partial charge in [-0.2, -0.15) is 0 Å². The lowest BCUT2D eigenvalue weighted by molar-refractivity contribution is -0.136. The standard InChI is InChI=1S/C23H32N4O3/c1-15(2)26(18-4-3-10-24-11-9-18)13-16-5-6-17-14-27(23(30)19(17)12-16)20-7-8-21(28)25-22(20)29/h5-6,12,15,18,20,24H,3-4,7-11,13-14H2,1-2H3,(H,25,28,29). The number of nitrogens with zero attached hydrogens (tertiary/aromatic N) is 2. The average molecular weight is 413 g/mol. The molecule has 0 aromatic heterocycles. The number of hydrogen-bond acceptors (Lipinski definition) is 5. The van der Waals surface area contributed by atoms with Crippen molar-refractivity contribution in [1.29, 1.82) is 0 Å². The third-order valence-corrected chi connectivity index (χ3v) is 6.64. The SMILES string of the molecule is CC(C)N(Cc1ccc2c(c1)C(=O)N(C1CCC(=O)NC1=O)C2)C1CCCNCC1. The summed E-state index contributed by atoms with van der Waals surface area (Å²) in [4.78, 5) is 40.9. The molecular weight excluding hydrogens is 380 g/mol. The Morgan fingerprint density at radius 3 is 2.73 bits per heavy atom. The van der Waals surface area contributed by atoms with E-state index in [1.807, 2.05) is 12.1 Å². The second-order valence-corrected chi connectivity index (χ2v) is 8.99. The lowest BCUT2D eigenvalue weighted by Gasteiger charge is -2.34. The van der Waals surface area contributed by atoms with E-state index in [0.29, 0.717) is 30.6 Å². The minimum atomic E-state index is -0.559. The Bertz CT molecular complexity index is 830. The molecule has 3 aliphatic heterocycles. The van der Waals surface area contributed by atoms with Crippen LogP contribution in [-0.2, 0) is 22.7 Å². The first kappa shape index (κ1) is 21.0. The number of fused-ring (bicyclic) bond motifs is 1. The first-order valence-electron chi connectivity index (χ1n) is 11.2. The van der Waals surface area contributed by atoms with Crippen LogP contribution in [0.15, 0.2) is 18.2 Å². The number of carbonyl (C=O) groups excluding carboxylic acids is 3. The maximum absolute atomic E-state index is 13.1. The van der Waals surface area contributed by atoms with Crippen LogP contribution in [0.25, 0.3) is 0 Å². The van der Waals surface area contributed by atoms with E-state index < -0.39 is 6.04 Å². The van der Waals surface area contributed by atoms with Gasteiger partial charge in [0.05, 0.1) is 0 Å². The Labute approximate surface area is 178 Å². The zero-order valence-corrected chi connectivity index (χ0v) is 17.9. The fourth-order valence-electron chi connectivity index (χ4n) is 4.98. The van der Waals surface area contributed by atoms with Gasteiger partial charge >= 0.3 is 0 Å². The van der Waals surface area contributed by atoms with Gasteiger partial charge in [-0.1, -0.05) is 12.1 Å². The molecule has 4 rings (SSSR count). The summed E-state index contributed by atoms with van der Waals surface area (Å²) in [6.07, 6.45) is 4.20. The van der Waals surface area contributed by atoms with E-state index in [1.54, 1.807) is 4.90 Å². The van der Waals surface area contributed by atoms with Gasteiger partial charge in [0.2, 0.25) is 11.8 Å². The van der Waals surface area contributed by atoms with E-state index in [-0.39, 0.29) is 24.1 Å². The number of piperidine rings is 1. The minimum Gasteiger partial charge on any atom is -0.322 e. The quantitative estimate of drug-likeness (QED) is 0.721. The molecular formula is C23H32N4O3. The molecule has 2 saturated heterocycles. The smallest absolute Gasteiger partial charge is 0.255 e. The van der Waals surface area contributed by atoms with Crippen molar-refractivity contribution >= 4 is 17.7 Å². The third-order valence-electron chi connectivity index (χ3n) is 6.64. The van der Waals surface area contributed by atoms with Gasteiger partial charge in [-0.15, -0.1) is 0 Å². The molecule has 2 atom stereocenters. The molecule has 0 radical (unpaired) electrons. The fourth-order valence-corrected chi connectivity index (χ4v) is 4.98. The van der Waals surface area contributed by atoms with Gasteiger partial charge in [0, 0.05) is 37.2 Å². The number of imide groups is 1. The van der Waals surface area contributed by atoms with E-state index in [9.17, 15) is 14.4 Å². The van der Waals surface area contributed by atoms with Gasteiger partial charge < -0.3 is 10.2 Å². The van der Waals surface area contributed by atoms with Crippen LogP contribution in [0.4, 0.5) is 0 Å². The van der Waals surface area contributed by atoms with Crippen molar-refractivity contribution in [3.05, 3.63) is 34.9 Å². The molecule has 0 spiro atoms. The highest BCUT2D eigenvalue weighted by molar-refractivity contribution is 6.05. The Kier molecular flexibility index (Phi) is 6.20. The zero-order valence-electron chi connectivity index (χ0n) is 17.9. The molecule has 0 bridgehead atoms. The fraction of sp³-hybridized carbons (Fsp3) is 0.609. The van der Waals surface area contributed by atoms with E-state index >= 15 is 0 Å². The van der Waals surface area contributed by atoms with Crippen LogP contribution >= 0.6 is 0 Å². The van der Waals surface area contributed by atoms with E-state index in [2.05, 4.69) is 35.4 Å². The van der Waals surface area contributed by atoms with Crippen LogP contribution in [0.2, 0.25) is 0 Å². The summed E-state index contributed by atoms with van der Waals surface area (Å²) in [6.45, 7) is 7.87. The van der Waals surface area contributed by atoms with Crippen molar-refractivity contribution in [3.8, 4) is 0 Å².